The van der Waals surface area contributed by atoms with Gasteiger partial charge in [0, 0.05) is 13.1 Å². The normalized spacial score (nSPS) is 17.1. The van der Waals surface area contributed by atoms with Crippen molar-refractivity contribution in [2.45, 2.75) is 45.6 Å². The maximum absolute atomic E-state index is 9.45. The van der Waals surface area contributed by atoms with Crippen LogP contribution in [-0.2, 0) is 0 Å². The molecule has 1 aromatic rings. The Morgan fingerprint density at radius 1 is 1.19 bits per heavy atom. The maximum atomic E-state index is 9.45. The van der Waals surface area contributed by atoms with Crippen LogP contribution < -0.4 is 10.2 Å². The molecule has 0 spiro atoms. The number of nitrogens with one attached hydrogen (secondary N) is 1. The molecule has 1 atom stereocenters. The van der Waals surface area contributed by atoms with Gasteiger partial charge in [-0.05, 0) is 43.2 Å². The smallest absolute Gasteiger partial charge is 0.231 e. The Hall–Kier alpha value is -1.14. The van der Waals surface area contributed by atoms with E-state index in [9.17, 15) is 5.11 Å². The first kappa shape index (κ1) is 16.2. The molecule has 1 aliphatic rings. The fraction of sp³-hybridized carbons (Fsp3) is 0.786. The van der Waals surface area contributed by atoms with Gasteiger partial charge in [-0.1, -0.05) is 13.8 Å². The highest BCUT2D eigenvalue weighted by atomic mass is 35.5. The van der Waals surface area contributed by atoms with Crippen molar-refractivity contribution in [1.29, 1.82) is 0 Å². The fourth-order valence-electron chi connectivity index (χ4n) is 2.57. The number of hydrogen-bond acceptors (Lipinski definition) is 6. The molecule has 1 aliphatic heterocycles. The van der Waals surface area contributed by atoms with Gasteiger partial charge in [-0.3, -0.25) is 0 Å². The van der Waals surface area contributed by atoms with E-state index in [2.05, 4.69) is 39.0 Å². The molecule has 0 aromatic carbocycles. The van der Waals surface area contributed by atoms with Crippen LogP contribution in [0.2, 0.25) is 5.28 Å². The third-order valence-electron chi connectivity index (χ3n) is 3.54. The molecule has 0 amide bonds. The van der Waals surface area contributed by atoms with E-state index in [1.165, 1.54) is 6.42 Å². The fourth-order valence-corrected chi connectivity index (χ4v) is 2.73. The van der Waals surface area contributed by atoms with E-state index in [0.29, 0.717) is 17.8 Å². The van der Waals surface area contributed by atoms with Crippen LogP contribution in [0.4, 0.5) is 11.9 Å². The monoisotopic (exact) mass is 313 g/mol. The molecule has 0 saturated carbocycles. The number of piperidine rings is 1. The highest BCUT2D eigenvalue weighted by Crippen LogP contribution is 2.19. The number of rotatable bonds is 6. The summed E-state index contributed by atoms with van der Waals surface area (Å²) in [6.07, 6.45) is 4.40. The van der Waals surface area contributed by atoms with Gasteiger partial charge in [0.1, 0.15) is 0 Å². The second-order valence-electron chi connectivity index (χ2n) is 5.93. The zero-order valence-electron chi connectivity index (χ0n) is 12.7. The third kappa shape index (κ3) is 4.97. The van der Waals surface area contributed by atoms with Crippen LogP contribution in [0.1, 0.15) is 39.5 Å². The summed E-state index contributed by atoms with van der Waals surface area (Å²) in [5.74, 6) is 1.54. The summed E-state index contributed by atoms with van der Waals surface area (Å²) in [5.41, 5.74) is 0. The van der Waals surface area contributed by atoms with Crippen LogP contribution in [-0.4, -0.2) is 45.8 Å². The first-order chi connectivity index (χ1) is 10.1. The molecule has 0 radical (unpaired) electrons. The van der Waals surface area contributed by atoms with Crippen molar-refractivity contribution in [2.75, 3.05) is 29.9 Å². The lowest BCUT2D eigenvalue weighted by atomic mass is 10.0. The lowest BCUT2D eigenvalue weighted by Crippen LogP contribution is -2.32. The lowest BCUT2D eigenvalue weighted by Gasteiger charge is -2.27. The van der Waals surface area contributed by atoms with Gasteiger partial charge in [-0.15, -0.1) is 0 Å². The number of halogens is 1. The standard InChI is InChI=1S/C14H24ClN5O/c1-10(2)8-11(9-21)16-13-17-12(15)18-14(19-13)20-6-4-3-5-7-20/h10-11,21H,3-9H2,1-2H3,(H,16,17,18,19). The summed E-state index contributed by atoms with van der Waals surface area (Å²) in [6.45, 7) is 6.18. The summed E-state index contributed by atoms with van der Waals surface area (Å²) in [7, 11) is 0. The molecular formula is C14H24ClN5O. The van der Waals surface area contributed by atoms with Gasteiger partial charge in [0.25, 0.3) is 0 Å². The van der Waals surface area contributed by atoms with Crippen LogP contribution in [0.5, 0.6) is 0 Å². The minimum absolute atomic E-state index is 0.0422. The first-order valence-electron chi connectivity index (χ1n) is 7.62. The van der Waals surface area contributed by atoms with Gasteiger partial charge in [-0.2, -0.15) is 15.0 Å². The quantitative estimate of drug-likeness (QED) is 0.839. The van der Waals surface area contributed by atoms with E-state index < -0.39 is 0 Å². The summed E-state index contributed by atoms with van der Waals surface area (Å²) < 4.78 is 0. The largest absolute Gasteiger partial charge is 0.394 e. The second kappa shape index (κ2) is 7.75. The first-order valence-corrected chi connectivity index (χ1v) is 8.00. The van der Waals surface area contributed by atoms with Crippen LogP contribution in [0.15, 0.2) is 0 Å². The predicted molar refractivity (Wildman–Crippen MR) is 84.9 cm³/mol. The highest BCUT2D eigenvalue weighted by molar-refractivity contribution is 6.28. The van der Waals surface area contributed by atoms with Gasteiger partial charge < -0.3 is 15.3 Å². The molecule has 1 unspecified atom stereocenters. The minimum Gasteiger partial charge on any atom is -0.394 e. The van der Waals surface area contributed by atoms with Crippen LogP contribution >= 0.6 is 11.6 Å². The Morgan fingerprint density at radius 2 is 1.90 bits per heavy atom. The zero-order valence-corrected chi connectivity index (χ0v) is 13.5. The molecule has 2 heterocycles. The Morgan fingerprint density at radius 3 is 2.52 bits per heavy atom. The van der Waals surface area contributed by atoms with E-state index in [1.54, 1.807) is 0 Å². The molecular weight excluding hydrogens is 290 g/mol. The van der Waals surface area contributed by atoms with Gasteiger partial charge in [0.2, 0.25) is 17.2 Å². The summed E-state index contributed by atoms with van der Waals surface area (Å²) in [6, 6.07) is -0.0716. The van der Waals surface area contributed by atoms with Gasteiger partial charge in [0.05, 0.1) is 12.6 Å². The Bertz CT molecular complexity index is 451. The van der Waals surface area contributed by atoms with Gasteiger partial charge in [-0.25, -0.2) is 0 Å². The average Bonchev–Trinajstić information content (AvgIpc) is 2.46. The van der Waals surface area contributed by atoms with Crippen molar-refractivity contribution in [3.8, 4) is 0 Å². The molecule has 1 fully saturated rings. The van der Waals surface area contributed by atoms with E-state index in [0.717, 1.165) is 32.4 Å². The molecule has 2 N–H and O–H groups in total. The third-order valence-corrected chi connectivity index (χ3v) is 3.71. The van der Waals surface area contributed by atoms with Crippen molar-refractivity contribution >= 4 is 23.5 Å². The number of aliphatic hydroxyl groups excluding tert-OH is 1. The predicted octanol–water partition coefficient (Wildman–Crippen LogP) is 2.33. The number of hydrogen-bond donors (Lipinski definition) is 2. The van der Waals surface area contributed by atoms with Crippen molar-refractivity contribution in [2.24, 2.45) is 5.92 Å². The molecule has 7 heteroatoms. The van der Waals surface area contributed by atoms with E-state index >= 15 is 0 Å². The summed E-state index contributed by atoms with van der Waals surface area (Å²) >= 11 is 6.01. The molecule has 118 valence electrons. The van der Waals surface area contributed by atoms with Crippen LogP contribution in [0, 0.1) is 5.92 Å². The van der Waals surface area contributed by atoms with Gasteiger partial charge in [0.15, 0.2) is 0 Å². The number of aliphatic hydroxyl groups is 1. The molecule has 21 heavy (non-hydrogen) atoms. The molecule has 0 bridgehead atoms. The van der Waals surface area contributed by atoms with Crippen molar-refractivity contribution in [1.82, 2.24) is 15.0 Å². The van der Waals surface area contributed by atoms with Crippen LogP contribution in [0.3, 0.4) is 0 Å². The molecule has 2 rings (SSSR count). The number of anilines is 2. The van der Waals surface area contributed by atoms with Crippen molar-refractivity contribution in [3.05, 3.63) is 5.28 Å². The Balaban J connectivity index is 2.10. The highest BCUT2D eigenvalue weighted by Gasteiger charge is 2.17. The second-order valence-corrected chi connectivity index (χ2v) is 6.27. The lowest BCUT2D eigenvalue weighted by molar-refractivity contribution is 0.259. The summed E-state index contributed by atoms with van der Waals surface area (Å²) in [5, 5.41) is 12.8. The minimum atomic E-state index is -0.0716. The topological polar surface area (TPSA) is 74.2 Å². The van der Waals surface area contributed by atoms with E-state index in [4.69, 9.17) is 11.6 Å². The Kier molecular flexibility index (Phi) is 5.99. The SMILES string of the molecule is CC(C)CC(CO)Nc1nc(Cl)nc(N2CCCCC2)n1. The van der Waals surface area contributed by atoms with Crippen molar-refractivity contribution in [3.63, 3.8) is 0 Å². The number of nitrogens with zero attached hydrogens (tertiary/aromatic N) is 4. The van der Waals surface area contributed by atoms with Gasteiger partial charge >= 0.3 is 0 Å². The molecule has 1 saturated heterocycles. The molecule has 6 nitrogen and oxygen atoms in total. The zero-order chi connectivity index (χ0) is 15.2. The molecule has 0 aliphatic carbocycles. The average molecular weight is 314 g/mol. The van der Waals surface area contributed by atoms with E-state index in [1.807, 2.05) is 0 Å². The Labute approximate surface area is 131 Å². The van der Waals surface area contributed by atoms with Crippen LogP contribution in [0.25, 0.3) is 0 Å². The molecule has 1 aromatic heterocycles. The van der Waals surface area contributed by atoms with E-state index in [-0.39, 0.29) is 17.9 Å². The maximum Gasteiger partial charge on any atom is 0.231 e. The van der Waals surface area contributed by atoms with Crippen molar-refractivity contribution < 1.29 is 5.11 Å². The number of aromatic nitrogens is 3. The summed E-state index contributed by atoms with van der Waals surface area (Å²) in [4.78, 5) is 14.9.